The molecular weight excluding hydrogens is 204 g/mol. The third kappa shape index (κ3) is 2.30. The van der Waals surface area contributed by atoms with Crippen LogP contribution in [0.1, 0.15) is 39.5 Å². The average molecular weight is 226 g/mol. The number of rotatable bonds is 3. The van der Waals surface area contributed by atoms with Crippen LogP contribution in [0.2, 0.25) is 0 Å². The number of Topliss-reactive ketones (excluding diaryl/α,β-unsaturated/α-hetero) is 1. The SMILES string of the molecule is CCC(C(C)=O)C1CCOC2(CCOC2)C1. The molecule has 3 nitrogen and oxygen atoms in total. The Morgan fingerprint density at radius 1 is 1.50 bits per heavy atom. The van der Waals surface area contributed by atoms with Gasteiger partial charge in [0.1, 0.15) is 5.78 Å². The van der Waals surface area contributed by atoms with E-state index in [9.17, 15) is 4.79 Å². The third-order valence-electron chi connectivity index (χ3n) is 4.13. The molecule has 2 aliphatic heterocycles. The van der Waals surface area contributed by atoms with Crippen LogP contribution in [-0.2, 0) is 14.3 Å². The van der Waals surface area contributed by atoms with Crippen molar-refractivity contribution < 1.29 is 14.3 Å². The maximum Gasteiger partial charge on any atom is 0.133 e. The van der Waals surface area contributed by atoms with E-state index >= 15 is 0 Å². The lowest BCUT2D eigenvalue weighted by Crippen LogP contribution is -2.43. The fourth-order valence-electron chi connectivity index (χ4n) is 3.23. The largest absolute Gasteiger partial charge is 0.378 e. The van der Waals surface area contributed by atoms with Gasteiger partial charge >= 0.3 is 0 Å². The van der Waals surface area contributed by atoms with Gasteiger partial charge in [0, 0.05) is 25.6 Å². The second kappa shape index (κ2) is 4.84. The van der Waals surface area contributed by atoms with Gasteiger partial charge in [0.05, 0.1) is 12.2 Å². The van der Waals surface area contributed by atoms with E-state index in [0.29, 0.717) is 11.7 Å². The van der Waals surface area contributed by atoms with Crippen LogP contribution < -0.4 is 0 Å². The molecule has 0 amide bonds. The highest BCUT2D eigenvalue weighted by Gasteiger charge is 2.43. The standard InChI is InChI=1S/C13H22O3/c1-3-12(10(2)14)11-4-6-16-13(8-11)5-7-15-9-13/h11-12H,3-9H2,1-2H3. The summed E-state index contributed by atoms with van der Waals surface area (Å²) in [7, 11) is 0. The monoisotopic (exact) mass is 226 g/mol. The molecule has 2 rings (SSSR count). The van der Waals surface area contributed by atoms with Crippen LogP contribution in [0.25, 0.3) is 0 Å². The summed E-state index contributed by atoms with van der Waals surface area (Å²) >= 11 is 0. The zero-order valence-corrected chi connectivity index (χ0v) is 10.3. The van der Waals surface area contributed by atoms with Gasteiger partial charge in [0.2, 0.25) is 0 Å². The van der Waals surface area contributed by atoms with Gasteiger partial charge in [-0.1, -0.05) is 6.92 Å². The summed E-state index contributed by atoms with van der Waals surface area (Å²) in [6.07, 6.45) is 3.99. The molecule has 0 bridgehead atoms. The molecule has 2 aliphatic rings. The molecule has 0 aromatic carbocycles. The molecule has 2 saturated heterocycles. The van der Waals surface area contributed by atoms with E-state index in [4.69, 9.17) is 9.47 Å². The van der Waals surface area contributed by atoms with Crippen LogP contribution in [0.4, 0.5) is 0 Å². The minimum atomic E-state index is -0.0637. The highest BCUT2D eigenvalue weighted by molar-refractivity contribution is 5.78. The first-order valence-electron chi connectivity index (χ1n) is 6.39. The van der Waals surface area contributed by atoms with Gasteiger partial charge in [0.15, 0.2) is 0 Å². The van der Waals surface area contributed by atoms with E-state index in [2.05, 4.69) is 6.92 Å². The van der Waals surface area contributed by atoms with E-state index in [1.165, 1.54) is 0 Å². The van der Waals surface area contributed by atoms with Crippen LogP contribution in [0.5, 0.6) is 0 Å². The molecule has 0 aliphatic carbocycles. The molecule has 16 heavy (non-hydrogen) atoms. The number of carbonyl (C=O) groups excluding carboxylic acids is 1. The maximum atomic E-state index is 11.6. The van der Waals surface area contributed by atoms with E-state index in [1.807, 2.05) is 0 Å². The Hall–Kier alpha value is -0.410. The normalized spacial score (nSPS) is 36.5. The predicted octanol–water partition coefficient (Wildman–Crippen LogP) is 2.19. The molecule has 2 fully saturated rings. The van der Waals surface area contributed by atoms with Gasteiger partial charge in [-0.25, -0.2) is 0 Å². The van der Waals surface area contributed by atoms with E-state index < -0.39 is 0 Å². The van der Waals surface area contributed by atoms with Gasteiger partial charge in [-0.05, 0) is 32.1 Å². The topological polar surface area (TPSA) is 35.5 Å². The molecule has 3 unspecified atom stereocenters. The number of hydrogen-bond donors (Lipinski definition) is 0. The predicted molar refractivity (Wildman–Crippen MR) is 61.3 cm³/mol. The number of carbonyl (C=O) groups is 1. The number of ketones is 1. The number of ether oxygens (including phenoxy) is 2. The Bertz CT molecular complexity index is 256. The first kappa shape index (κ1) is 12.1. The lowest BCUT2D eigenvalue weighted by molar-refractivity contribution is -0.131. The van der Waals surface area contributed by atoms with Crippen LogP contribution in [0.3, 0.4) is 0 Å². The summed E-state index contributed by atoms with van der Waals surface area (Å²) in [5.74, 6) is 1.06. The maximum absolute atomic E-state index is 11.6. The molecule has 2 heterocycles. The Labute approximate surface area is 97.5 Å². The van der Waals surface area contributed by atoms with Crippen LogP contribution >= 0.6 is 0 Å². The van der Waals surface area contributed by atoms with E-state index in [0.717, 1.165) is 45.5 Å². The van der Waals surface area contributed by atoms with Gasteiger partial charge in [-0.15, -0.1) is 0 Å². The summed E-state index contributed by atoms with van der Waals surface area (Å²) in [6.45, 7) is 6.15. The average Bonchev–Trinajstić information content (AvgIpc) is 2.67. The third-order valence-corrected chi connectivity index (χ3v) is 4.13. The summed E-state index contributed by atoms with van der Waals surface area (Å²) in [5, 5.41) is 0. The van der Waals surface area contributed by atoms with Gasteiger partial charge in [-0.2, -0.15) is 0 Å². The summed E-state index contributed by atoms with van der Waals surface area (Å²) in [4.78, 5) is 11.6. The zero-order chi connectivity index (χ0) is 11.6. The molecule has 3 heteroatoms. The smallest absolute Gasteiger partial charge is 0.133 e. The Morgan fingerprint density at radius 3 is 2.88 bits per heavy atom. The minimum absolute atomic E-state index is 0.0637. The van der Waals surface area contributed by atoms with Gasteiger partial charge in [0.25, 0.3) is 0 Å². The fraction of sp³-hybridized carbons (Fsp3) is 0.923. The van der Waals surface area contributed by atoms with Crippen molar-refractivity contribution in [3.8, 4) is 0 Å². The minimum Gasteiger partial charge on any atom is -0.378 e. The molecule has 92 valence electrons. The second-order valence-corrected chi connectivity index (χ2v) is 5.21. The molecule has 0 radical (unpaired) electrons. The van der Waals surface area contributed by atoms with Gasteiger partial charge in [-0.3, -0.25) is 4.79 Å². The molecule has 0 N–H and O–H groups in total. The summed E-state index contributed by atoms with van der Waals surface area (Å²) in [6, 6.07) is 0. The molecule has 0 saturated carbocycles. The van der Waals surface area contributed by atoms with Crippen LogP contribution in [-0.4, -0.2) is 31.2 Å². The van der Waals surface area contributed by atoms with E-state index in [1.54, 1.807) is 6.92 Å². The van der Waals surface area contributed by atoms with Crippen LogP contribution in [0, 0.1) is 11.8 Å². The molecular formula is C13H22O3. The van der Waals surface area contributed by atoms with Crippen molar-refractivity contribution in [1.29, 1.82) is 0 Å². The van der Waals surface area contributed by atoms with E-state index in [-0.39, 0.29) is 11.5 Å². The highest BCUT2D eigenvalue weighted by Crippen LogP contribution is 2.39. The Morgan fingerprint density at radius 2 is 2.31 bits per heavy atom. The molecule has 0 aromatic rings. The lowest BCUT2D eigenvalue weighted by Gasteiger charge is -2.39. The van der Waals surface area contributed by atoms with Crippen molar-refractivity contribution in [3.05, 3.63) is 0 Å². The van der Waals surface area contributed by atoms with Crippen molar-refractivity contribution in [3.63, 3.8) is 0 Å². The summed E-state index contributed by atoms with van der Waals surface area (Å²) < 4.78 is 11.3. The number of hydrogen-bond acceptors (Lipinski definition) is 3. The van der Waals surface area contributed by atoms with Crippen molar-refractivity contribution in [2.75, 3.05) is 19.8 Å². The molecule has 0 aromatic heterocycles. The van der Waals surface area contributed by atoms with Crippen molar-refractivity contribution in [1.82, 2.24) is 0 Å². The Kier molecular flexibility index (Phi) is 3.65. The molecule has 1 spiro atoms. The first-order chi connectivity index (χ1) is 7.67. The second-order valence-electron chi connectivity index (χ2n) is 5.21. The summed E-state index contributed by atoms with van der Waals surface area (Å²) in [5.41, 5.74) is -0.0637. The first-order valence-corrected chi connectivity index (χ1v) is 6.39. The molecule has 3 atom stereocenters. The quantitative estimate of drug-likeness (QED) is 0.740. The van der Waals surface area contributed by atoms with Crippen LogP contribution in [0.15, 0.2) is 0 Å². The lowest BCUT2D eigenvalue weighted by atomic mass is 9.75. The Balaban J connectivity index is 2.03. The van der Waals surface area contributed by atoms with Crippen molar-refractivity contribution >= 4 is 5.78 Å². The highest BCUT2D eigenvalue weighted by atomic mass is 16.6. The zero-order valence-electron chi connectivity index (χ0n) is 10.3. The van der Waals surface area contributed by atoms with Crippen molar-refractivity contribution in [2.24, 2.45) is 11.8 Å². The fourth-order valence-corrected chi connectivity index (χ4v) is 3.23. The van der Waals surface area contributed by atoms with Gasteiger partial charge < -0.3 is 9.47 Å². The van der Waals surface area contributed by atoms with Crippen molar-refractivity contribution in [2.45, 2.75) is 45.1 Å².